The largest absolute Gasteiger partial charge is 0.377 e. The monoisotopic (exact) mass is 393 g/mol. The zero-order valence-corrected chi connectivity index (χ0v) is 19.4. The Bertz CT molecular complexity index is 515. The Morgan fingerprint density at radius 3 is 1.77 bits per heavy atom. The van der Waals surface area contributed by atoms with Crippen molar-refractivity contribution in [1.29, 1.82) is 0 Å². The average molecular weight is 394 g/mol. The van der Waals surface area contributed by atoms with Crippen molar-refractivity contribution in [3.05, 3.63) is 30.3 Å². The smallest absolute Gasteiger partial charge is 0.296 e. The van der Waals surface area contributed by atoms with E-state index in [-0.39, 0.29) is 41.1 Å². The van der Waals surface area contributed by atoms with Crippen molar-refractivity contribution in [3.63, 3.8) is 0 Å². The molecule has 1 aliphatic heterocycles. The van der Waals surface area contributed by atoms with Crippen LogP contribution < -0.4 is 0 Å². The van der Waals surface area contributed by atoms with Crippen LogP contribution in [0.4, 0.5) is 0 Å². The third-order valence-electron chi connectivity index (χ3n) is 3.97. The maximum Gasteiger partial charge on any atom is 0.296 e. The van der Waals surface area contributed by atoms with E-state index in [0.717, 1.165) is 26.1 Å². The van der Waals surface area contributed by atoms with Crippen LogP contribution in [0.1, 0.15) is 71.1 Å². The van der Waals surface area contributed by atoms with Gasteiger partial charge in [0.1, 0.15) is 0 Å². The molecule has 0 amide bonds. The first-order valence-corrected chi connectivity index (χ1v) is 11.1. The van der Waals surface area contributed by atoms with E-state index in [4.69, 9.17) is 4.18 Å². The van der Waals surface area contributed by atoms with Crippen molar-refractivity contribution in [2.45, 2.75) is 76.0 Å². The van der Waals surface area contributed by atoms with Gasteiger partial charge in [0.15, 0.2) is 0 Å². The summed E-state index contributed by atoms with van der Waals surface area (Å²) in [5.41, 5.74) is 0. The van der Waals surface area contributed by atoms with Gasteiger partial charge in [-0.2, -0.15) is 8.42 Å². The van der Waals surface area contributed by atoms with E-state index < -0.39 is 10.1 Å². The molecule has 6 heteroatoms. The molecule has 0 spiro atoms. The summed E-state index contributed by atoms with van der Waals surface area (Å²) in [6.45, 7) is 4.52. The maximum absolute atomic E-state index is 11.9. The van der Waals surface area contributed by atoms with Crippen LogP contribution in [0.2, 0.25) is 0 Å². The van der Waals surface area contributed by atoms with E-state index in [0.29, 0.717) is 0 Å². The second kappa shape index (κ2) is 17.2. The van der Waals surface area contributed by atoms with Gasteiger partial charge in [-0.3, -0.25) is 4.18 Å². The van der Waals surface area contributed by atoms with Crippen LogP contribution in [0.25, 0.3) is 0 Å². The number of epoxide rings is 1. The van der Waals surface area contributed by atoms with Crippen LogP contribution in [0, 0.1) is 0 Å². The molecule has 0 unspecified atom stereocenters. The standard InChI is InChI=1S/C18H30O3S.C2H4O.Na/c1-2-3-4-5-6-7-8-9-10-14-17-21-22(19,20)18-15-12-11-13-16-18;1-2-3-1;/h11-13,15-16H,2-10,14,17H2,1H3;1-2H2;. The summed E-state index contributed by atoms with van der Waals surface area (Å²) in [5.74, 6) is 0. The molecule has 1 fully saturated rings. The van der Waals surface area contributed by atoms with Crippen molar-refractivity contribution < 1.29 is 17.3 Å². The van der Waals surface area contributed by atoms with Crippen molar-refractivity contribution in [2.75, 3.05) is 19.8 Å². The van der Waals surface area contributed by atoms with Gasteiger partial charge < -0.3 is 4.74 Å². The summed E-state index contributed by atoms with van der Waals surface area (Å²) in [7, 11) is -3.57. The SMILES string of the molecule is C1CO1.CCCCCCCCCCCCOS(=O)(=O)c1ccccc1.[Na]. The van der Waals surface area contributed by atoms with Crippen molar-refractivity contribution >= 4 is 39.7 Å². The average Bonchev–Trinajstić information content (AvgIpc) is 3.49. The fourth-order valence-electron chi connectivity index (χ4n) is 2.41. The Labute approximate surface area is 182 Å². The number of hydrogen-bond donors (Lipinski definition) is 0. The second-order valence-corrected chi connectivity index (χ2v) is 8.00. The Morgan fingerprint density at radius 2 is 1.31 bits per heavy atom. The molecule has 1 radical (unpaired) electrons. The molecule has 1 aromatic carbocycles. The first-order valence-electron chi connectivity index (χ1n) is 9.69. The van der Waals surface area contributed by atoms with Gasteiger partial charge in [0.05, 0.1) is 24.7 Å². The van der Waals surface area contributed by atoms with Gasteiger partial charge in [0.2, 0.25) is 0 Å². The number of hydrogen-bond acceptors (Lipinski definition) is 4. The predicted molar refractivity (Wildman–Crippen MR) is 108 cm³/mol. The minimum atomic E-state index is -3.57. The minimum absolute atomic E-state index is 0. The predicted octanol–water partition coefficient (Wildman–Crippen LogP) is 4.95. The Hall–Kier alpha value is 0.0900. The van der Waals surface area contributed by atoms with Gasteiger partial charge in [-0.05, 0) is 18.6 Å². The number of benzene rings is 1. The molecule has 0 aromatic heterocycles. The molecule has 2 rings (SSSR count). The summed E-state index contributed by atoms with van der Waals surface area (Å²) in [6.07, 6.45) is 12.3. The minimum Gasteiger partial charge on any atom is -0.377 e. The molecule has 0 atom stereocenters. The quantitative estimate of drug-likeness (QED) is 0.206. The van der Waals surface area contributed by atoms with E-state index in [1.165, 1.54) is 51.4 Å². The summed E-state index contributed by atoms with van der Waals surface area (Å²) in [5, 5.41) is 0. The molecular weight excluding hydrogens is 359 g/mol. The normalized spacial score (nSPS) is 12.7. The fraction of sp³-hybridized carbons (Fsp3) is 0.700. The van der Waals surface area contributed by atoms with Gasteiger partial charge in [-0.1, -0.05) is 82.9 Å². The molecule has 26 heavy (non-hydrogen) atoms. The zero-order chi connectivity index (χ0) is 18.2. The summed E-state index contributed by atoms with van der Waals surface area (Å²) in [4.78, 5) is 0.238. The molecule has 1 saturated heterocycles. The van der Waals surface area contributed by atoms with Gasteiger partial charge in [-0.15, -0.1) is 0 Å². The summed E-state index contributed by atoms with van der Waals surface area (Å²) < 4.78 is 33.3. The topological polar surface area (TPSA) is 55.9 Å². The van der Waals surface area contributed by atoms with Gasteiger partial charge in [0.25, 0.3) is 10.1 Å². The van der Waals surface area contributed by atoms with E-state index in [2.05, 4.69) is 11.7 Å². The Balaban J connectivity index is 0.00000141. The van der Waals surface area contributed by atoms with Crippen LogP contribution in [0.3, 0.4) is 0 Å². The van der Waals surface area contributed by atoms with Crippen LogP contribution in [-0.4, -0.2) is 57.8 Å². The molecule has 0 saturated carbocycles. The molecule has 4 nitrogen and oxygen atoms in total. The molecule has 1 aromatic rings. The molecule has 1 aliphatic rings. The first kappa shape index (κ1) is 26.1. The van der Waals surface area contributed by atoms with Crippen molar-refractivity contribution in [2.24, 2.45) is 0 Å². The van der Waals surface area contributed by atoms with E-state index in [1.807, 2.05) is 0 Å². The molecule has 145 valence electrons. The maximum atomic E-state index is 11.9. The Kier molecular flexibility index (Phi) is 17.3. The van der Waals surface area contributed by atoms with Crippen LogP contribution in [0.5, 0.6) is 0 Å². The zero-order valence-electron chi connectivity index (χ0n) is 16.6. The van der Waals surface area contributed by atoms with Crippen LogP contribution >= 0.6 is 0 Å². The number of rotatable bonds is 13. The Morgan fingerprint density at radius 1 is 0.846 bits per heavy atom. The van der Waals surface area contributed by atoms with Gasteiger partial charge >= 0.3 is 0 Å². The van der Waals surface area contributed by atoms with Crippen LogP contribution in [-0.2, 0) is 19.0 Å². The number of unbranched alkanes of at least 4 members (excludes halogenated alkanes) is 9. The second-order valence-electron chi connectivity index (χ2n) is 6.38. The number of ether oxygens (including phenoxy) is 1. The third-order valence-corrected chi connectivity index (χ3v) is 5.30. The summed E-state index contributed by atoms with van der Waals surface area (Å²) >= 11 is 0. The van der Waals surface area contributed by atoms with Crippen molar-refractivity contribution in [1.82, 2.24) is 0 Å². The van der Waals surface area contributed by atoms with E-state index >= 15 is 0 Å². The van der Waals surface area contributed by atoms with E-state index in [1.54, 1.807) is 30.3 Å². The molecule has 1 heterocycles. The first-order chi connectivity index (χ1) is 12.2. The van der Waals surface area contributed by atoms with Crippen LogP contribution in [0.15, 0.2) is 35.2 Å². The fourth-order valence-corrected chi connectivity index (χ4v) is 3.38. The molecular formula is C20H34NaO4S. The summed E-state index contributed by atoms with van der Waals surface area (Å²) in [6, 6.07) is 8.33. The van der Waals surface area contributed by atoms with E-state index in [9.17, 15) is 8.42 Å². The third kappa shape index (κ3) is 15.2. The molecule has 0 bridgehead atoms. The molecule has 0 aliphatic carbocycles. The molecule has 0 N–H and O–H groups in total. The van der Waals surface area contributed by atoms with Gasteiger partial charge in [0, 0.05) is 29.6 Å². The van der Waals surface area contributed by atoms with Crippen molar-refractivity contribution in [3.8, 4) is 0 Å². The van der Waals surface area contributed by atoms with Gasteiger partial charge in [-0.25, -0.2) is 0 Å².